The number of nitrogens with one attached hydrogen (secondary N) is 1. The van der Waals surface area contributed by atoms with Crippen molar-refractivity contribution in [2.75, 3.05) is 5.32 Å². The quantitative estimate of drug-likeness (QED) is 0.773. The minimum absolute atomic E-state index is 0.272. The van der Waals surface area contributed by atoms with Gasteiger partial charge >= 0.3 is 6.03 Å². The molecule has 6 heteroatoms. The fraction of sp³-hybridized carbons (Fsp3) is 0.100. The molecule has 0 saturated carbocycles. The second kappa shape index (κ2) is 4.32. The second-order valence-corrected chi connectivity index (χ2v) is 3.55. The lowest BCUT2D eigenvalue weighted by Gasteiger charge is -2.09. The van der Waals surface area contributed by atoms with Crippen LogP contribution in [-0.4, -0.2) is 20.6 Å². The fourth-order valence-electron chi connectivity index (χ4n) is 1.23. The highest BCUT2D eigenvalue weighted by Gasteiger charge is 2.09. The van der Waals surface area contributed by atoms with Gasteiger partial charge in [0, 0.05) is 18.6 Å². The molecule has 2 aromatic rings. The minimum Gasteiger partial charge on any atom is -0.304 e. The summed E-state index contributed by atoms with van der Waals surface area (Å²) in [5, 5.41) is 2.94. The molecule has 2 heterocycles. The van der Waals surface area contributed by atoms with Crippen LogP contribution in [0.3, 0.4) is 0 Å². The van der Waals surface area contributed by atoms with Gasteiger partial charge in [-0.25, -0.2) is 14.8 Å². The number of amides is 1. The Morgan fingerprint density at radius 2 is 2.31 bits per heavy atom. The number of aryl methyl sites for hydroxylation is 1. The number of imidazole rings is 1. The maximum absolute atomic E-state index is 11.7. The SMILES string of the molecule is Cc1ccnc(Cl)c1NC(=O)n1ccnc1. The summed E-state index contributed by atoms with van der Waals surface area (Å²) in [5.74, 6) is 0. The molecule has 16 heavy (non-hydrogen) atoms. The number of halogens is 1. The molecule has 0 bridgehead atoms. The maximum atomic E-state index is 11.7. The number of rotatable bonds is 1. The molecule has 0 saturated heterocycles. The zero-order valence-corrected chi connectivity index (χ0v) is 9.27. The summed E-state index contributed by atoms with van der Waals surface area (Å²) in [5.41, 5.74) is 1.37. The molecule has 0 spiro atoms. The monoisotopic (exact) mass is 236 g/mol. The third kappa shape index (κ3) is 2.04. The highest BCUT2D eigenvalue weighted by Crippen LogP contribution is 2.22. The van der Waals surface area contributed by atoms with Gasteiger partial charge in [-0.1, -0.05) is 11.6 Å². The maximum Gasteiger partial charge on any atom is 0.331 e. The molecule has 0 aromatic carbocycles. The number of anilines is 1. The van der Waals surface area contributed by atoms with Crippen molar-refractivity contribution in [3.05, 3.63) is 41.7 Å². The predicted octanol–water partition coefficient (Wildman–Crippen LogP) is 2.32. The molecular formula is C10H9ClN4O. The molecule has 82 valence electrons. The van der Waals surface area contributed by atoms with Crippen LogP contribution < -0.4 is 5.32 Å². The van der Waals surface area contributed by atoms with E-state index in [2.05, 4.69) is 15.3 Å². The molecule has 0 aliphatic rings. The van der Waals surface area contributed by atoms with E-state index >= 15 is 0 Å². The van der Waals surface area contributed by atoms with Gasteiger partial charge in [0.1, 0.15) is 6.33 Å². The van der Waals surface area contributed by atoms with Crippen LogP contribution in [0.15, 0.2) is 31.0 Å². The average molecular weight is 237 g/mol. The summed E-state index contributed by atoms with van der Waals surface area (Å²) in [6.07, 6.45) is 6.08. The van der Waals surface area contributed by atoms with Gasteiger partial charge in [-0.05, 0) is 18.6 Å². The summed E-state index contributed by atoms with van der Waals surface area (Å²) in [7, 11) is 0. The van der Waals surface area contributed by atoms with E-state index in [0.29, 0.717) is 5.69 Å². The predicted molar refractivity (Wildman–Crippen MR) is 60.6 cm³/mol. The van der Waals surface area contributed by atoms with Gasteiger partial charge in [-0.3, -0.25) is 4.57 Å². The van der Waals surface area contributed by atoms with Crippen molar-refractivity contribution in [3.63, 3.8) is 0 Å². The van der Waals surface area contributed by atoms with E-state index in [4.69, 9.17) is 11.6 Å². The van der Waals surface area contributed by atoms with Crippen molar-refractivity contribution in [2.45, 2.75) is 6.92 Å². The van der Waals surface area contributed by atoms with E-state index < -0.39 is 0 Å². The van der Waals surface area contributed by atoms with Crippen LogP contribution >= 0.6 is 11.6 Å². The standard InChI is InChI=1S/C10H9ClN4O/c1-7-2-3-13-9(11)8(7)14-10(16)15-5-4-12-6-15/h2-6H,1H3,(H,14,16). The van der Waals surface area contributed by atoms with Crippen molar-refractivity contribution in [1.82, 2.24) is 14.5 Å². The van der Waals surface area contributed by atoms with Crippen molar-refractivity contribution in [3.8, 4) is 0 Å². The Balaban J connectivity index is 2.25. The Morgan fingerprint density at radius 3 is 2.94 bits per heavy atom. The fourth-order valence-corrected chi connectivity index (χ4v) is 1.48. The van der Waals surface area contributed by atoms with Gasteiger partial charge < -0.3 is 5.32 Å². The largest absolute Gasteiger partial charge is 0.331 e. The molecule has 0 atom stereocenters. The van der Waals surface area contributed by atoms with Gasteiger partial charge in [0.25, 0.3) is 0 Å². The number of carbonyl (C=O) groups excluding carboxylic acids is 1. The Kier molecular flexibility index (Phi) is 2.87. The lowest BCUT2D eigenvalue weighted by molar-refractivity contribution is 0.253. The van der Waals surface area contributed by atoms with Crippen molar-refractivity contribution in [2.24, 2.45) is 0 Å². The first-order valence-electron chi connectivity index (χ1n) is 4.59. The van der Waals surface area contributed by atoms with Crippen molar-refractivity contribution >= 4 is 23.3 Å². The molecule has 1 N–H and O–H groups in total. The zero-order valence-electron chi connectivity index (χ0n) is 8.51. The molecule has 0 aliphatic heterocycles. The number of carbonyl (C=O) groups is 1. The molecule has 0 fully saturated rings. The third-order valence-corrected chi connectivity index (χ3v) is 2.37. The van der Waals surface area contributed by atoms with E-state index in [1.54, 1.807) is 18.5 Å². The molecule has 0 unspecified atom stereocenters. The minimum atomic E-state index is -0.324. The van der Waals surface area contributed by atoms with Gasteiger partial charge in [-0.2, -0.15) is 0 Å². The Hall–Kier alpha value is -1.88. The summed E-state index contributed by atoms with van der Waals surface area (Å²) in [4.78, 5) is 19.4. The topological polar surface area (TPSA) is 59.8 Å². The highest BCUT2D eigenvalue weighted by molar-refractivity contribution is 6.32. The van der Waals surface area contributed by atoms with Crippen LogP contribution in [-0.2, 0) is 0 Å². The summed E-state index contributed by atoms with van der Waals surface area (Å²) >= 11 is 5.88. The molecular weight excluding hydrogens is 228 g/mol. The molecule has 2 rings (SSSR count). The van der Waals surface area contributed by atoms with Crippen LogP contribution in [0.25, 0.3) is 0 Å². The molecule has 0 aliphatic carbocycles. The Bertz CT molecular complexity index is 489. The van der Waals surface area contributed by atoms with E-state index in [9.17, 15) is 4.79 Å². The Morgan fingerprint density at radius 1 is 1.50 bits per heavy atom. The highest BCUT2D eigenvalue weighted by atomic mass is 35.5. The number of pyridine rings is 1. The van der Waals surface area contributed by atoms with Crippen LogP contribution in [0.2, 0.25) is 5.15 Å². The van der Waals surface area contributed by atoms with Crippen LogP contribution in [0, 0.1) is 6.92 Å². The Labute approximate surface area is 97.1 Å². The third-order valence-electron chi connectivity index (χ3n) is 2.08. The van der Waals surface area contributed by atoms with Crippen LogP contribution in [0.5, 0.6) is 0 Å². The first-order chi connectivity index (χ1) is 7.68. The number of aromatic nitrogens is 3. The molecule has 1 amide bonds. The lowest BCUT2D eigenvalue weighted by atomic mass is 10.2. The lowest BCUT2D eigenvalue weighted by Crippen LogP contribution is -2.18. The van der Waals surface area contributed by atoms with Crippen molar-refractivity contribution in [1.29, 1.82) is 0 Å². The van der Waals surface area contributed by atoms with Gasteiger partial charge in [0.15, 0.2) is 5.15 Å². The number of hydrogen-bond acceptors (Lipinski definition) is 3. The number of nitrogens with zero attached hydrogens (tertiary/aromatic N) is 3. The smallest absolute Gasteiger partial charge is 0.304 e. The summed E-state index contributed by atoms with van der Waals surface area (Å²) < 4.78 is 1.32. The number of hydrogen-bond donors (Lipinski definition) is 1. The first-order valence-corrected chi connectivity index (χ1v) is 4.96. The van der Waals surface area contributed by atoms with Crippen LogP contribution in [0.4, 0.5) is 10.5 Å². The normalized spacial score (nSPS) is 10.1. The second-order valence-electron chi connectivity index (χ2n) is 3.19. The van der Waals surface area contributed by atoms with Gasteiger partial charge in [0.2, 0.25) is 0 Å². The zero-order chi connectivity index (χ0) is 11.5. The van der Waals surface area contributed by atoms with Gasteiger partial charge in [-0.15, -0.1) is 0 Å². The van der Waals surface area contributed by atoms with E-state index in [1.165, 1.54) is 17.1 Å². The summed E-state index contributed by atoms with van der Waals surface area (Å²) in [6.45, 7) is 1.84. The van der Waals surface area contributed by atoms with E-state index in [-0.39, 0.29) is 11.2 Å². The average Bonchev–Trinajstić information content (AvgIpc) is 2.76. The molecule has 5 nitrogen and oxygen atoms in total. The van der Waals surface area contributed by atoms with E-state index in [1.807, 2.05) is 6.92 Å². The first kappa shape index (κ1) is 10.6. The van der Waals surface area contributed by atoms with Gasteiger partial charge in [0.05, 0.1) is 5.69 Å². The van der Waals surface area contributed by atoms with Crippen LogP contribution in [0.1, 0.15) is 5.56 Å². The summed E-state index contributed by atoms with van der Waals surface area (Å²) in [6, 6.07) is 1.45. The molecule has 0 radical (unpaired) electrons. The van der Waals surface area contributed by atoms with E-state index in [0.717, 1.165) is 5.56 Å². The molecule has 2 aromatic heterocycles. The van der Waals surface area contributed by atoms with Crippen molar-refractivity contribution < 1.29 is 4.79 Å².